The van der Waals surface area contributed by atoms with Crippen molar-refractivity contribution in [2.24, 2.45) is 5.92 Å². The number of hydrogen-bond donors (Lipinski definition) is 1. The fourth-order valence-electron chi connectivity index (χ4n) is 4.11. The molecule has 1 atom stereocenters. The molecule has 2 bridgehead atoms. The molecular weight excluding hydrogens is 394 g/mol. The van der Waals surface area contributed by atoms with Crippen LogP contribution in [0.2, 0.25) is 0 Å². The lowest BCUT2D eigenvalue weighted by atomic mass is 9.86. The zero-order chi connectivity index (χ0) is 21.3. The van der Waals surface area contributed by atoms with Crippen molar-refractivity contribution >= 4 is 17.7 Å². The van der Waals surface area contributed by atoms with Gasteiger partial charge in [-0.25, -0.2) is 18.4 Å². The number of anilines is 1. The Balaban J connectivity index is 1.59. The second-order valence-electron chi connectivity index (χ2n) is 7.74. The Kier molecular flexibility index (Phi) is 5.67. The number of carboxylic acids is 1. The first-order valence-corrected chi connectivity index (χ1v) is 9.88. The predicted octanol–water partition coefficient (Wildman–Crippen LogP) is 3.90. The van der Waals surface area contributed by atoms with Crippen LogP contribution in [0.3, 0.4) is 0 Å². The molecule has 0 aliphatic carbocycles. The SMILES string of the molecule is O=C(O)c1ccc(CN(C(=O)O[C@H]2CN3CCC2CC3)c2cc(F)ccc2F)cc1. The molecule has 0 unspecified atom stereocenters. The number of amides is 1. The number of halogens is 2. The van der Waals surface area contributed by atoms with E-state index in [1.165, 1.54) is 24.3 Å². The van der Waals surface area contributed by atoms with E-state index in [1.54, 1.807) is 0 Å². The number of fused-ring (bicyclic) bond motifs is 3. The van der Waals surface area contributed by atoms with Gasteiger partial charge in [0.15, 0.2) is 0 Å². The van der Waals surface area contributed by atoms with Gasteiger partial charge in [-0.05, 0) is 61.7 Å². The van der Waals surface area contributed by atoms with Crippen LogP contribution in [0.1, 0.15) is 28.8 Å². The summed E-state index contributed by atoms with van der Waals surface area (Å²) in [6.45, 7) is 2.52. The third-order valence-electron chi connectivity index (χ3n) is 5.81. The summed E-state index contributed by atoms with van der Waals surface area (Å²) in [4.78, 5) is 27.4. The number of benzene rings is 2. The van der Waals surface area contributed by atoms with Gasteiger partial charge in [0.25, 0.3) is 0 Å². The van der Waals surface area contributed by atoms with Gasteiger partial charge in [-0.15, -0.1) is 0 Å². The first-order chi connectivity index (χ1) is 14.4. The van der Waals surface area contributed by atoms with Crippen LogP contribution >= 0.6 is 0 Å². The van der Waals surface area contributed by atoms with Gasteiger partial charge >= 0.3 is 12.1 Å². The molecule has 0 saturated carbocycles. The van der Waals surface area contributed by atoms with Gasteiger partial charge < -0.3 is 9.84 Å². The molecular formula is C22H22F2N2O4. The average Bonchev–Trinajstić information content (AvgIpc) is 2.75. The molecule has 3 fully saturated rings. The van der Waals surface area contributed by atoms with Crippen LogP contribution in [0.5, 0.6) is 0 Å². The summed E-state index contributed by atoms with van der Waals surface area (Å²) in [5.41, 5.74) is 0.440. The van der Waals surface area contributed by atoms with Gasteiger partial charge in [0, 0.05) is 12.6 Å². The Bertz CT molecular complexity index is 943. The van der Waals surface area contributed by atoms with Crippen LogP contribution in [0, 0.1) is 17.6 Å². The number of piperidine rings is 3. The Morgan fingerprint density at radius 2 is 1.80 bits per heavy atom. The average molecular weight is 416 g/mol. The van der Waals surface area contributed by atoms with Crippen molar-refractivity contribution in [3.63, 3.8) is 0 Å². The van der Waals surface area contributed by atoms with Gasteiger partial charge in [0.05, 0.1) is 17.8 Å². The number of carboxylic acid groups (broad SMARTS) is 1. The highest BCUT2D eigenvalue weighted by atomic mass is 19.1. The fraction of sp³-hybridized carbons (Fsp3) is 0.364. The summed E-state index contributed by atoms with van der Waals surface area (Å²) < 4.78 is 34.0. The predicted molar refractivity (Wildman–Crippen MR) is 105 cm³/mol. The van der Waals surface area contributed by atoms with Crippen LogP contribution in [-0.2, 0) is 11.3 Å². The number of ether oxygens (including phenoxy) is 1. The van der Waals surface area contributed by atoms with E-state index in [-0.39, 0.29) is 29.8 Å². The van der Waals surface area contributed by atoms with Gasteiger partial charge in [-0.3, -0.25) is 9.80 Å². The summed E-state index contributed by atoms with van der Waals surface area (Å²) in [5.74, 6) is -2.22. The Morgan fingerprint density at radius 3 is 2.40 bits per heavy atom. The minimum absolute atomic E-state index is 0.0831. The van der Waals surface area contributed by atoms with Crippen LogP contribution in [0.25, 0.3) is 0 Å². The standard InChI is InChI=1S/C22H22F2N2O4/c23-17-5-6-18(24)19(11-17)26(12-14-1-3-16(4-2-14)21(27)28)22(29)30-20-13-25-9-7-15(20)8-10-25/h1-6,11,15,20H,7-10,12-13H2,(H,27,28)/t20-/m0/s1. The maximum atomic E-state index is 14.5. The Labute approximate surface area is 172 Å². The van der Waals surface area contributed by atoms with Crippen molar-refractivity contribution in [2.75, 3.05) is 24.5 Å². The van der Waals surface area contributed by atoms with Crippen LogP contribution in [-0.4, -0.2) is 47.8 Å². The number of nitrogens with zero attached hydrogens (tertiary/aromatic N) is 2. The highest BCUT2D eigenvalue weighted by molar-refractivity contribution is 5.89. The summed E-state index contributed by atoms with van der Waals surface area (Å²) in [5, 5.41) is 9.05. The van der Waals surface area contributed by atoms with Crippen LogP contribution < -0.4 is 4.90 Å². The summed E-state index contributed by atoms with van der Waals surface area (Å²) >= 11 is 0. The monoisotopic (exact) mass is 416 g/mol. The zero-order valence-electron chi connectivity index (χ0n) is 16.3. The van der Waals surface area contributed by atoms with Gasteiger partial charge in [0.1, 0.15) is 17.7 Å². The van der Waals surface area contributed by atoms with E-state index in [9.17, 15) is 18.4 Å². The third-order valence-corrected chi connectivity index (χ3v) is 5.81. The fourth-order valence-corrected chi connectivity index (χ4v) is 4.11. The second-order valence-corrected chi connectivity index (χ2v) is 7.74. The van der Waals surface area contributed by atoms with E-state index in [1.807, 2.05) is 0 Å². The Morgan fingerprint density at radius 1 is 1.10 bits per heavy atom. The van der Waals surface area contributed by atoms with E-state index >= 15 is 0 Å². The molecule has 3 saturated heterocycles. The number of aromatic carboxylic acids is 1. The molecule has 0 aromatic heterocycles. The number of carbonyl (C=O) groups excluding carboxylic acids is 1. The first kappa shape index (κ1) is 20.3. The maximum Gasteiger partial charge on any atom is 0.415 e. The third kappa shape index (κ3) is 4.28. The molecule has 1 amide bonds. The number of hydrogen-bond acceptors (Lipinski definition) is 4. The summed E-state index contributed by atoms with van der Waals surface area (Å²) in [6.07, 6.45) is 0.861. The minimum atomic E-state index is -1.07. The van der Waals surface area contributed by atoms with Gasteiger partial charge in [-0.1, -0.05) is 12.1 Å². The van der Waals surface area contributed by atoms with Crippen molar-refractivity contribution < 1.29 is 28.2 Å². The van der Waals surface area contributed by atoms with Crippen molar-refractivity contribution in [1.29, 1.82) is 0 Å². The van der Waals surface area contributed by atoms with E-state index in [0.29, 0.717) is 12.1 Å². The normalized spacial score (nSPS) is 22.5. The number of rotatable bonds is 5. The molecule has 8 heteroatoms. The lowest BCUT2D eigenvalue weighted by molar-refractivity contribution is -0.0311. The molecule has 5 rings (SSSR count). The molecule has 1 N–H and O–H groups in total. The molecule has 3 heterocycles. The highest BCUT2D eigenvalue weighted by Gasteiger charge is 2.37. The summed E-state index contributed by atoms with van der Waals surface area (Å²) in [6, 6.07) is 8.78. The quantitative estimate of drug-likeness (QED) is 0.801. The van der Waals surface area contributed by atoms with Crippen LogP contribution in [0.15, 0.2) is 42.5 Å². The van der Waals surface area contributed by atoms with Crippen molar-refractivity contribution in [2.45, 2.75) is 25.5 Å². The first-order valence-electron chi connectivity index (χ1n) is 9.88. The van der Waals surface area contributed by atoms with Gasteiger partial charge in [-0.2, -0.15) is 0 Å². The van der Waals surface area contributed by atoms with Crippen molar-refractivity contribution in [3.05, 3.63) is 65.2 Å². The molecule has 30 heavy (non-hydrogen) atoms. The topological polar surface area (TPSA) is 70.1 Å². The van der Waals surface area contributed by atoms with E-state index < -0.39 is 23.7 Å². The van der Waals surface area contributed by atoms with Crippen molar-refractivity contribution in [1.82, 2.24) is 4.90 Å². The zero-order valence-corrected chi connectivity index (χ0v) is 16.3. The minimum Gasteiger partial charge on any atom is -0.478 e. The van der Waals surface area contributed by atoms with Crippen molar-refractivity contribution in [3.8, 4) is 0 Å². The molecule has 2 aromatic rings. The smallest absolute Gasteiger partial charge is 0.415 e. The second kappa shape index (κ2) is 8.39. The lowest BCUT2D eigenvalue weighted by Gasteiger charge is -2.44. The summed E-state index contributed by atoms with van der Waals surface area (Å²) in [7, 11) is 0. The highest BCUT2D eigenvalue weighted by Crippen LogP contribution is 2.31. The van der Waals surface area contributed by atoms with Gasteiger partial charge in [0.2, 0.25) is 0 Å². The molecule has 0 spiro atoms. The van der Waals surface area contributed by atoms with E-state index in [4.69, 9.17) is 9.84 Å². The maximum absolute atomic E-state index is 14.5. The van der Waals surface area contributed by atoms with E-state index in [2.05, 4.69) is 4.90 Å². The number of carbonyl (C=O) groups is 2. The Hall–Kier alpha value is -3.00. The largest absolute Gasteiger partial charge is 0.478 e. The molecule has 6 nitrogen and oxygen atoms in total. The molecule has 158 valence electrons. The molecule has 0 radical (unpaired) electrons. The lowest BCUT2D eigenvalue weighted by Crippen LogP contribution is -2.53. The molecule has 3 aliphatic rings. The molecule has 3 aliphatic heterocycles. The van der Waals surface area contributed by atoms with E-state index in [0.717, 1.165) is 49.0 Å². The van der Waals surface area contributed by atoms with Crippen LogP contribution in [0.4, 0.5) is 19.3 Å². The molecule has 2 aromatic carbocycles.